The Balaban J connectivity index is 2.41. The SMILES string of the molecule is Cc1ccc(Br)cc1-n1c(=S)[nH]c2cnccc21. The third-order valence-corrected chi connectivity index (χ3v) is 3.67. The van der Waals surface area contributed by atoms with Crippen LogP contribution >= 0.6 is 28.1 Å². The highest BCUT2D eigenvalue weighted by Gasteiger charge is 2.08. The molecule has 1 aromatic carbocycles. The van der Waals surface area contributed by atoms with Crippen LogP contribution in [0, 0.1) is 11.7 Å². The van der Waals surface area contributed by atoms with Crippen LogP contribution in [0.5, 0.6) is 0 Å². The molecule has 90 valence electrons. The lowest BCUT2D eigenvalue weighted by atomic mass is 10.2. The van der Waals surface area contributed by atoms with Crippen LogP contribution in [-0.2, 0) is 0 Å². The Kier molecular flexibility index (Phi) is 2.80. The minimum atomic E-state index is 0.680. The van der Waals surface area contributed by atoms with Crippen molar-refractivity contribution in [1.29, 1.82) is 0 Å². The van der Waals surface area contributed by atoms with Crippen LogP contribution in [0.25, 0.3) is 16.7 Å². The zero-order valence-electron chi connectivity index (χ0n) is 9.64. The van der Waals surface area contributed by atoms with E-state index in [0.29, 0.717) is 4.77 Å². The number of imidazole rings is 1. The van der Waals surface area contributed by atoms with E-state index in [1.54, 1.807) is 12.4 Å². The quantitative estimate of drug-likeness (QED) is 0.683. The number of nitrogens with one attached hydrogen (secondary N) is 1. The van der Waals surface area contributed by atoms with Crippen molar-refractivity contribution in [3.63, 3.8) is 0 Å². The molecule has 0 fully saturated rings. The van der Waals surface area contributed by atoms with E-state index in [4.69, 9.17) is 12.2 Å². The summed E-state index contributed by atoms with van der Waals surface area (Å²) in [5.41, 5.74) is 4.23. The summed E-state index contributed by atoms with van der Waals surface area (Å²) in [5, 5.41) is 0. The Morgan fingerprint density at radius 2 is 2.17 bits per heavy atom. The molecule has 3 aromatic rings. The summed E-state index contributed by atoms with van der Waals surface area (Å²) in [7, 11) is 0. The molecule has 0 saturated heterocycles. The summed E-state index contributed by atoms with van der Waals surface area (Å²) in [6, 6.07) is 8.13. The van der Waals surface area contributed by atoms with Crippen molar-refractivity contribution < 1.29 is 0 Å². The van der Waals surface area contributed by atoms with Gasteiger partial charge in [-0.1, -0.05) is 22.0 Å². The number of rotatable bonds is 1. The van der Waals surface area contributed by atoms with Crippen molar-refractivity contribution in [3.8, 4) is 5.69 Å². The summed E-state index contributed by atoms with van der Waals surface area (Å²) in [5.74, 6) is 0. The first-order chi connectivity index (χ1) is 8.66. The molecule has 0 spiro atoms. The molecule has 0 aliphatic rings. The highest BCUT2D eigenvalue weighted by molar-refractivity contribution is 9.10. The average molecular weight is 320 g/mol. The summed E-state index contributed by atoms with van der Waals surface area (Å²) in [6.45, 7) is 2.07. The molecular weight excluding hydrogens is 310 g/mol. The lowest BCUT2D eigenvalue weighted by Crippen LogP contribution is -1.97. The van der Waals surface area contributed by atoms with Crippen LogP contribution in [0.4, 0.5) is 0 Å². The van der Waals surface area contributed by atoms with Gasteiger partial charge in [0.2, 0.25) is 0 Å². The van der Waals surface area contributed by atoms with Crippen LogP contribution in [0.2, 0.25) is 0 Å². The van der Waals surface area contributed by atoms with Gasteiger partial charge in [-0.05, 0) is 42.9 Å². The van der Waals surface area contributed by atoms with E-state index in [1.165, 1.54) is 5.56 Å². The fraction of sp³-hybridized carbons (Fsp3) is 0.0769. The van der Waals surface area contributed by atoms with E-state index in [0.717, 1.165) is 21.2 Å². The van der Waals surface area contributed by atoms with Gasteiger partial charge in [0, 0.05) is 10.7 Å². The topological polar surface area (TPSA) is 33.6 Å². The maximum atomic E-state index is 5.40. The fourth-order valence-corrected chi connectivity index (χ4v) is 2.68. The summed E-state index contributed by atoms with van der Waals surface area (Å²) >= 11 is 8.90. The second-order valence-corrected chi connectivity index (χ2v) is 5.39. The molecule has 0 aliphatic carbocycles. The number of aromatic nitrogens is 3. The second kappa shape index (κ2) is 4.33. The molecule has 1 N–H and O–H groups in total. The minimum Gasteiger partial charge on any atom is -0.329 e. The van der Waals surface area contributed by atoms with Crippen LogP contribution in [-0.4, -0.2) is 14.5 Å². The van der Waals surface area contributed by atoms with E-state index in [9.17, 15) is 0 Å². The predicted molar refractivity (Wildman–Crippen MR) is 78.7 cm³/mol. The zero-order valence-corrected chi connectivity index (χ0v) is 12.0. The monoisotopic (exact) mass is 319 g/mol. The third kappa shape index (κ3) is 1.79. The summed E-state index contributed by atoms with van der Waals surface area (Å²) < 4.78 is 3.75. The molecule has 0 atom stereocenters. The Labute approximate surface area is 118 Å². The van der Waals surface area contributed by atoms with E-state index in [1.807, 2.05) is 16.7 Å². The predicted octanol–water partition coefficient (Wildman–Crippen LogP) is 4.15. The largest absolute Gasteiger partial charge is 0.329 e. The van der Waals surface area contributed by atoms with Gasteiger partial charge in [0.25, 0.3) is 0 Å². The van der Waals surface area contributed by atoms with Crippen LogP contribution < -0.4 is 0 Å². The third-order valence-electron chi connectivity index (χ3n) is 2.90. The van der Waals surface area contributed by atoms with E-state index in [2.05, 4.69) is 45.0 Å². The maximum absolute atomic E-state index is 5.40. The van der Waals surface area contributed by atoms with E-state index < -0.39 is 0 Å². The molecular formula is C13H10BrN3S. The molecule has 0 bridgehead atoms. The standard InChI is InChI=1S/C13H10BrN3S/c1-8-2-3-9(14)6-12(8)17-11-4-5-15-7-10(11)16-13(17)18/h2-7H,1H3,(H,16,18). The number of benzene rings is 1. The zero-order chi connectivity index (χ0) is 12.7. The number of pyridine rings is 1. The highest BCUT2D eigenvalue weighted by Crippen LogP contribution is 2.24. The Morgan fingerprint density at radius 1 is 1.33 bits per heavy atom. The molecule has 2 aromatic heterocycles. The van der Waals surface area contributed by atoms with Crippen molar-refractivity contribution in [2.24, 2.45) is 0 Å². The first-order valence-corrected chi connectivity index (χ1v) is 6.68. The molecule has 5 heteroatoms. The molecule has 3 nitrogen and oxygen atoms in total. The first-order valence-electron chi connectivity index (χ1n) is 5.48. The Hall–Kier alpha value is -1.46. The van der Waals surface area contributed by atoms with E-state index in [-0.39, 0.29) is 0 Å². The number of aromatic amines is 1. The number of aryl methyl sites for hydroxylation is 1. The number of hydrogen-bond acceptors (Lipinski definition) is 2. The molecule has 18 heavy (non-hydrogen) atoms. The molecule has 0 saturated carbocycles. The number of nitrogens with zero attached hydrogens (tertiary/aromatic N) is 2. The van der Waals surface area contributed by atoms with Crippen LogP contribution in [0.15, 0.2) is 41.1 Å². The van der Waals surface area contributed by atoms with Crippen molar-refractivity contribution in [2.75, 3.05) is 0 Å². The van der Waals surface area contributed by atoms with Crippen LogP contribution in [0.1, 0.15) is 5.56 Å². The lowest BCUT2D eigenvalue weighted by molar-refractivity contribution is 1.05. The molecule has 0 radical (unpaired) electrons. The molecule has 3 rings (SSSR count). The lowest BCUT2D eigenvalue weighted by Gasteiger charge is -2.08. The molecule has 0 unspecified atom stereocenters. The highest BCUT2D eigenvalue weighted by atomic mass is 79.9. The van der Waals surface area contributed by atoms with Gasteiger partial charge < -0.3 is 4.98 Å². The van der Waals surface area contributed by atoms with Gasteiger partial charge >= 0.3 is 0 Å². The Morgan fingerprint density at radius 3 is 3.00 bits per heavy atom. The van der Waals surface area contributed by atoms with Crippen molar-refractivity contribution in [1.82, 2.24) is 14.5 Å². The van der Waals surface area contributed by atoms with Gasteiger partial charge in [0.1, 0.15) is 0 Å². The average Bonchev–Trinajstić information content (AvgIpc) is 2.68. The van der Waals surface area contributed by atoms with Crippen molar-refractivity contribution in [2.45, 2.75) is 6.92 Å². The second-order valence-electron chi connectivity index (χ2n) is 4.09. The number of fused-ring (bicyclic) bond motifs is 1. The van der Waals surface area contributed by atoms with Gasteiger partial charge in [0.05, 0.1) is 22.9 Å². The number of halogens is 1. The minimum absolute atomic E-state index is 0.680. The van der Waals surface area contributed by atoms with Gasteiger partial charge in [-0.2, -0.15) is 0 Å². The van der Waals surface area contributed by atoms with Crippen molar-refractivity contribution in [3.05, 3.63) is 51.5 Å². The van der Waals surface area contributed by atoms with E-state index >= 15 is 0 Å². The number of hydrogen-bond donors (Lipinski definition) is 1. The maximum Gasteiger partial charge on any atom is 0.182 e. The molecule has 0 aliphatic heterocycles. The number of H-pyrrole nitrogens is 1. The fourth-order valence-electron chi connectivity index (χ4n) is 2.02. The van der Waals surface area contributed by atoms with Gasteiger partial charge in [-0.3, -0.25) is 9.55 Å². The van der Waals surface area contributed by atoms with Gasteiger partial charge in [-0.25, -0.2) is 0 Å². The van der Waals surface area contributed by atoms with Gasteiger partial charge in [0.15, 0.2) is 4.77 Å². The molecule has 0 amide bonds. The first kappa shape index (κ1) is 11.6. The smallest absolute Gasteiger partial charge is 0.182 e. The summed E-state index contributed by atoms with van der Waals surface area (Å²) in [4.78, 5) is 7.27. The molecule has 2 heterocycles. The van der Waals surface area contributed by atoms with Gasteiger partial charge in [-0.15, -0.1) is 0 Å². The Bertz CT molecular complexity index is 788. The van der Waals surface area contributed by atoms with Crippen LogP contribution in [0.3, 0.4) is 0 Å². The normalized spacial score (nSPS) is 11.0. The summed E-state index contributed by atoms with van der Waals surface area (Å²) in [6.07, 6.45) is 3.56. The van der Waals surface area contributed by atoms with Crippen molar-refractivity contribution >= 4 is 39.2 Å².